The molecule has 5 nitrogen and oxygen atoms in total. The number of nitrogens with two attached hydrogens (primary N) is 1. The van der Waals surface area contributed by atoms with Crippen LogP contribution in [0.3, 0.4) is 0 Å². The Morgan fingerprint density at radius 2 is 2.07 bits per heavy atom. The van der Waals surface area contributed by atoms with E-state index in [0.717, 1.165) is 11.4 Å². The van der Waals surface area contributed by atoms with Gasteiger partial charge in [-0.15, -0.1) is 0 Å². The van der Waals surface area contributed by atoms with Crippen molar-refractivity contribution >= 4 is 9.84 Å². The second-order valence-electron chi connectivity index (χ2n) is 3.86. The first-order chi connectivity index (χ1) is 6.79. The molecule has 0 fully saturated rings. The van der Waals surface area contributed by atoms with Gasteiger partial charge in [0.2, 0.25) is 0 Å². The summed E-state index contributed by atoms with van der Waals surface area (Å²) < 4.78 is 21.9. The Bertz CT molecular complexity index is 417. The summed E-state index contributed by atoms with van der Waals surface area (Å²) in [5.41, 5.74) is 7.70. The third-order valence-electron chi connectivity index (χ3n) is 2.30. The molecule has 0 radical (unpaired) electrons. The fraction of sp³-hybridized carbons (Fsp3) is 0.667. The van der Waals surface area contributed by atoms with Gasteiger partial charge in [0.05, 0.1) is 17.5 Å². The Labute approximate surface area is 90.0 Å². The van der Waals surface area contributed by atoms with Crippen molar-refractivity contribution < 1.29 is 8.42 Å². The average molecular weight is 231 g/mol. The van der Waals surface area contributed by atoms with Gasteiger partial charge in [0.15, 0.2) is 0 Å². The van der Waals surface area contributed by atoms with E-state index in [4.69, 9.17) is 5.73 Å². The molecule has 1 aromatic heterocycles. The quantitative estimate of drug-likeness (QED) is 0.788. The van der Waals surface area contributed by atoms with E-state index in [1.165, 1.54) is 6.26 Å². The van der Waals surface area contributed by atoms with E-state index in [1.54, 1.807) is 0 Å². The van der Waals surface area contributed by atoms with E-state index in [-0.39, 0.29) is 11.8 Å². The highest BCUT2D eigenvalue weighted by Gasteiger charge is 2.13. The lowest BCUT2D eigenvalue weighted by molar-refractivity contribution is 0.587. The molecule has 0 aliphatic heterocycles. The molecular weight excluding hydrogens is 214 g/mol. The Morgan fingerprint density at radius 1 is 1.47 bits per heavy atom. The lowest BCUT2D eigenvalue weighted by Gasteiger charge is -2.07. The molecule has 0 aliphatic carbocycles. The summed E-state index contributed by atoms with van der Waals surface area (Å²) in [6.45, 7) is 3.80. The van der Waals surface area contributed by atoms with Gasteiger partial charge in [-0.3, -0.25) is 0 Å². The maximum Gasteiger partial charge on any atom is 0.147 e. The van der Waals surface area contributed by atoms with E-state index in [0.29, 0.717) is 12.2 Å². The lowest BCUT2D eigenvalue weighted by Crippen LogP contribution is -2.17. The van der Waals surface area contributed by atoms with Crippen LogP contribution in [-0.2, 0) is 9.84 Å². The van der Waals surface area contributed by atoms with Crippen molar-refractivity contribution in [1.29, 1.82) is 0 Å². The smallest absolute Gasteiger partial charge is 0.147 e. The lowest BCUT2D eigenvalue weighted by atomic mass is 10.2. The molecule has 86 valence electrons. The standard InChI is InChI=1S/C9H17N3O2S/c1-6-7(2)12-9(11-6)8(10)4-5-15(3,13)14/h8H,4-5,10H2,1-3H3,(H,11,12). The first kappa shape index (κ1) is 12.2. The zero-order valence-corrected chi connectivity index (χ0v) is 10.1. The van der Waals surface area contributed by atoms with Crippen molar-refractivity contribution in [3.05, 3.63) is 17.2 Å². The van der Waals surface area contributed by atoms with Crippen LogP contribution in [0.1, 0.15) is 29.7 Å². The highest BCUT2D eigenvalue weighted by molar-refractivity contribution is 7.90. The van der Waals surface area contributed by atoms with Crippen molar-refractivity contribution in [3.63, 3.8) is 0 Å². The Kier molecular flexibility index (Phi) is 3.51. The summed E-state index contributed by atoms with van der Waals surface area (Å²) in [7, 11) is -2.95. The average Bonchev–Trinajstić information content (AvgIpc) is 2.42. The summed E-state index contributed by atoms with van der Waals surface area (Å²) >= 11 is 0. The molecule has 0 bridgehead atoms. The summed E-state index contributed by atoms with van der Waals surface area (Å²) in [6, 6.07) is -0.341. The molecular formula is C9H17N3O2S. The number of sulfone groups is 1. The molecule has 0 saturated heterocycles. The molecule has 3 N–H and O–H groups in total. The molecule has 15 heavy (non-hydrogen) atoms. The molecule has 1 rings (SSSR count). The summed E-state index contributed by atoms with van der Waals surface area (Å²) in [6.07, 6.45) is 1.60. The van der Waals surface area contributed by atoms with Gasteiger partial charge in [0.1, 0.15) is 15.7 Å². The van der Waals surface area contributed by atoms with Gasteiger partial charge in [-0.1, -0.05) is 0 Å². The normalized spacial score (nSPS) is 14.1. The number of aromatic amines is 1. The number of imidazole rings is 1. The van der Waals surface area contributed by atoms with Crippen LogP contribution < -0.4 is 5.73 Å². The maximum absolute atomic E-state index is 11.0. The van der Waals surface area contributed by atoms with Gasteiger partial charge >= 0.3 is 0 Å². The van der Waals surface area contributed by atoms with Crippen LogP contribution in [0.25, 0.3) is 0 Å². The molecule has 0 saturated carbocycles. The third kappa shape index (κ3) is 3.64. The second kappa shape index (κ2) is 4.32. The van der Waals surface area contributed by atoms with E-state index in [9.17, 15) is 8.42 Å². The topological polar surface area (TPSA) is 88.8 Å². The zero-order valence-electron chi connectivity index (χ0n) is 9.24. The highest BCUT2D eigenvalue weighted by atomic mass is 32.2. The van der Waals surface area contributed by atoms with Gasteiger partial charge < -0.3 is 10.7 Å². The van der Waals surface area contributed by atoms with Crippen LogP contribution >= 0.6 is 0 Å². The highest BCUT2D eigenvalue weighted by Crippen LogP contribution is 2.13. The number of H-pyrrole nitrogens is 1. The summed E-state index contributed by atoms with van der Waals surface area (Å²) in [5, 5.41) is 0. The van der Waals surface area contributed by atoms with Gasteiger partial charge in [0, 0.05) is 11.9 Å². The number of nitrogens with one attached hydrogen (secondary N) is 1. The number of aryl methyl sites for hydroxylation is 2. The van der Waals surface area contributed by atoms with E-state index >= 15 is 0 Å². The Hall–Kier alpha value is -0.880. The van der Waals surface area contributed by atoms with E-state index < -0.39 is 9.84 Å². The second-order valence-corrected chi connectivity index (χ2v) is 6.12. The van der Waals surface area contributed by atoms with Gasteiger partial charge in [-0.2, -0.15) is 0 Å². The molecule has 6 heteroatoms. The largest absolute Gasteiger partial charge is 0.345 e. The third-order valence-corrected chi connectivity index (χ3v) is 3.27. The molecule has 1 heterocycles. The fourth-order valence-electron chi connectivity index (χ4n) is 1.23. The number of nitrogens with zero attached hydrogens (tertiary/aromatic N) is 1. The molecule has 0 aliphatic rings. The van der Waals surface area contributed by atoms with Crippen LogP contribution in [0, 0.1) is 13.8 Å². The van der Waals surface area contributed by atoms with Gasteiger partial charge in [-0.05, 0) is 20.3 Å². The van der Waals surface area contributed by atoms with Crippen molar-refractivity contribution in [1.82, 2.24) is 9.97 Å². The zero-order chi connectivity index (χ0) is 11.6. The minimum atomic E-state index is -2.95. The minimum absolute atomic E-state index is 0.0902. The van der Waals surface area contributed by atoms with Crippen LogP contribution in [0.4, 0.5) is 0 Å². The van der Waals surface area contributed by atoms with Gasteiger partial charge in [-0.25, -0.2) is 13.4 Å². The number of aromatic nitrogens is 2. The van der Waals surface area contributed by atoms with Gasteiger partial charge in [0.25, 0.3) is 0 Å². The number of hydrogen-bond donors (Lipinski definition) is 2. The summed E-state index contributed by atoms with van der Waals surface area (Å²) in [5.74, 6) is 0.751. The molecule has 1 aromatic rings. The predicted molar refractivity (Wildman–Crippen MR) is 59.3 cm³/mol. The molecule has 0 amide bonds. The fourth-order valence-corrected chi connectivity index (χ4v) is 1.91. The minimum Gasteiger partial charge on any atom is -0.345 e. The first-order valence-electron chi connectivity index (χ1n) is 4.76. The predicted octanol–water partition coefficient (Wildman–Crippen LogP) is 0.461. The van der Waals surface area contributed by atoms with Crippen LogP contribution in [0.2, 0.25) is 0 Å². The SMILES string of the molecule is Cc1nc(C(N)CCS(C)(=O)=O)[nH]c1C. The Balaban J connectivity index is 2.65. The molecule has 1 unspecified atom stereocenters. The van der Waals surface area contributed by atoms with Crippen molar-refractivity contribution in [2.45, 2.75) is 26.3 Å². The molecule has 0 aromatic carbocycles. The Morgan fingerprint density at radius 3 is 2.47 bits per heavy atom. The van der Waals surface area contributed by atoms with Crippen LogP contribution in [0.15, 0.2) is 0 Å². The molecule has 0 spiro atoms. The van der Waals surface area contributed by atoms with Crippen molar-refractivity contribution in [2.75, 3.05) is 12.0 Å². The van der Waals surface area contributed by atoms with E-state index in [2.05, 4.69) is 9.97 Å². The number of hydrogen-bond acceptors (Lipinski definition) is 4. The van der Waals surface area contributed by atoms with E-state index in [1.807, 2.05) is 13.8 Å². The summed E-state index contributed by atoms with van der Waals surface area (Å²) in [4.78, 5) is 7.28. The van der Waals surface area contributed by atoms with Crippen molar-refractivity contribution in [2.24, 2.45) is 5.73 Å². The van der Waals surface area contributed by atoms with Crippen molar-refractivity contribution in [3.8, 4) is 0 Å². The van der Waals surface area contributed by atoms with Crippen LogP contribution in [0.5, 0.6) is 0 Å². The monoisotopic (exact) mass is 231 g/mol. The first-order valence-corrected chi connectivity index (χ1v) is 6.82. The number of rotatable bonds is 4. The molecule has 1 atom stereocenters. The maximum atomic E-state index is 11.0. The van der Waals surface area contributed by atoms with Crippen LogP contribution in [-0.4, -0.2) is 30.4 Å².